The van der Waals surface area contributed by atoms with E-state index in [1.807, 2.05) is 7.05 Å². The van der Waals surface area contributed by atoms with E-state index in [0.717, 1.165) is 25.2 Å². The second kappa shape index (κ2) is 3.73. The molecule has 3 saturated carbocycles. The number of carbonyl (C=O) groups is 1. The smallest absolute Gasteiger partial charge is 0.225 e. The number of hydrogen-bond donors (Lipinski definition) is 1. The number of amides is 1. The lowest BCUT2D eigenvalue weighted by Crippen LogP contribution is -2.36. The molecule has 0 saturated heterocycles. The summed E-state index contributed by atoms with van der Waals surface area (Å²) < 4.78 is 0. The van der Waals surface area contributed by atoms with Crippen molar-refractivity contribution in [2.45, 2.75) is 38.2 Å². The Morgan fingerprint density at radius 1 is 1.38 bits per heavy atom. The lowest BCUT2D eigenvalue weighted by Gasteiger charge is -2.20. The van der Waals surface area contributed by atoms with E-state index >= 15 is 0 Å². The Morgan fingerprint density at radius 2 is 2.06 bits per heavy atom. The van der Waals surface area contributed by atoms with Gasteiger partial charge in [0.2, 0.25) is 5.91 Å². The van der Waals surface area contributed by atoms with Crippen molar-refractivity contribution in [2.75, 3.05) is 13.6 Å². The third-order valence-corrected chi connectivity index (χ3v) is 4.39. The van der Waals surface area contributed by atoms with Crippen molar-refractivity contribution < 1.29 is 9.90 Å². The predicted octanol–water partition coefficient (Wildman–Crippen LogP) is 1.26. The first-order chi connectivity index (χ1) is 7.66. The van der Waals surface area contributed by atoms with Crippen LogP contribution in [0, 0.1) is 23.7 Å². The van der Waals surface area contributed by atoms with Gasteiger partial charge in [0.25, 0.3) is 0 Å². The number of nitrogens with zero attached hydrogens (tertiary/aromatic N) is 1. The highest BCUT2D eigenvalue weighted by atomic mass is 16.3. The molecule has 0 aromatic rings. The van der Waals surface area contributed by atoms with Gasteiger partial charge in [-0.1, -0.05) is 0 Å². The molecular weight excluding hydrogens is 202 g/mol. The second-order valence-electron chi connectivity index (χ2n) is 5.97. The summed E-state index contributed by atoms with van der Waals surface area (Å²) >= 11 is 0. The summed E-state index contributed by atoms with van der Waals surface area (Å²) in [6, 6.07) is 0. The van der Waals surface area contributed by atoms with Crippen LogP contribution in [0.25, 0.3) is 0 Å². The van der Waals surface area contributed by atoms with E-state index in [1.54, 1.807) is 4.90 Å². The van der Waals surface area contributed by atoms with Crippen molar-refractivity contribution in [3.63, 3.8) is 0 Å². The first kappa shape index (κ1) is 10.6. The number of rotatable bonds is 5. The molecule has 0 radical (unpaired) electrons. The molecular formula is C13H21NO2. The zero-order valence-corrected chi connectivity index (χ0v) is 9.93. The largest absolute Gasteiger partial charge is 0.391 e. The van der Waals surface area contributed by atoms with Gasteiger partial charge in [-0.25, -0.2) is 0 Å². The lowest BCUT2D eigenvalue weighted by molar-refractivity contribution is -0.133. The van der Waals surface area contributed by atoms with Gasteiger partial charge in [-0.3, -0.25) is 4.79 Å². The standard InChI is InChI=1S/C13H21NO2/c1-14(7-12(15)9-4-5-9)13(16)11-6-10(11)8-2-3-8/h8-12,15H,2-7H2,1H3/t10-,11+,12-/m0/s1. The van der Waals surface area contributed by atoms with Gasteiger partial charge in [0.1, 0.15) is 0 Å². The van der Waals surface area contributed by atoms with Gasteiger partial charge in [0.05, 0.1) is 6.10 Å². The van der Waals surface area contributed by atoms with Crippen LogP contribution in [0.2, 0.25) is 0 Å². The van der Waals surface area contributed by atoms with Crippen molar-refractivity contribution in [2.24, 2.45) is 23.7 Å². The van der Waals surface area contributed by atoms with E-state index in [2.05, 4.69) is 0 Å². The molecule has 3 nitrogen and oxygen atoms in total. The molecule has 0 aromatic heterocycles. The van der Waals surface area contributed by atoms with E-state index in [1.165, 1.54) is 12.8 Å². The molecule has 3 aliphatic rings. The Kier molecular flexibility index (Phi) is 2.46. The van der Waals surface area contributed by atoms with Crippen molar-refractivity contribution in [3.8, 4) is 0 Å². The van der Waals surface area contributed by atoms with Crippen molar-refractivity contribution in [3.05, 3.63) is 0 Å². The van der Waals surface area contributed by atoms with E-state index in [-0.39, 0.29) is 12.0 Å². The fraction of sp³-hybridized carbons (Fsp3) is 0.923. The summed E-state index contributed by atoms with van der Waals surface area (Å²) in [6.45, 7) is 0.539. The highest BCUT2D eigenvalue weighted by Gasteiger charge is 2.52. The minimum atomic E-state index is -0.285. The molecule has 1 N–H and O–H groups in total. The van der Waals surface area contributed by atoms with Crippen LogP contribution in [-0.2, 0) is 4.79 Å². The van der Waals surface area contributed by atoms with Crippen LogP contribution in [0.4, 0.5) is 0 Å². The Morgan fingerprint density at radius 3 is 2.62 bits per heavy atom. The average molecular weight is 223 g/mol. The minimum absolute atomic E-state index is 0.275. The third-order valence-electron chi connectivity index (χ3n) is 4.39. The summed E-state index contributed by atoms with van der Waals surface area (Å²) in [5, 5.41) is 9.80. The Labute approximate surface area is 96.8 Å². The minimum Gasteiger partial charge on any atom is -0.391 e. The quantitative estimate of drug-likeness (QED) is 0.762. The van der Waals surface area contributed by atoms with Crippen LogP contribution in [0.1, 0.15) is 32.1 Å². The Bertz CT molecular complexity index is 296. The van der Waals surface area contributed by atoms with Crippen LogP contribution in [0.5, 0.6) is 0 Å². The fourth-order valence-electron chi connectivity index (χ4n) is 2.83. The Balaban J connectivity index is 1.46. The van der Waals surface area contributed by atoms with E-state index in [0.29, 0.717) is 24.3 Å². The van der Waals surface area contributed by atoms with Gasteiger partial charge < -0.3 is 10.0 Å². The highest BCUT2D eigenvalue weighted by Crippen LogP contribution is 2.54. The van der Waals surface area contributed by atoms with E-state index < -0.39 is 0 Å². The van der Waals surface area contributed by atoms with E-state index in [4.69, 9.17) is 0 Å². The van der Waals surface area contributed by atoms with Crippen molar-refractivity contribution in [1.82, 2.24) is 4.90 Å². The molecule has 0 aromatic carbocycles. The predicted molar refractivity (Wildman–Crippen MR) is 60.7 cm³/mol. The molecule has 0 aliphatic heterocycles. The number of hydrogen-bond acceptors (Lipinski definition) is 2. The van der Waals surface area contributed by atoms with Crippen LogP contribution in [0.15, 0.2) is 0 Å². The number of aliphatic hydroxyl groups is 1. The van der Waals surface area contributed by atoms with Gasteiger partial charge in [0, 0.05) is 19.5 Å². The normalized spacial score (nSPS) is 34.6. The van der Waals surface area contributed by atoms with Crippen molar-refractivity contribution >= 4 is 5.91 Å². The van der Waals surface area contributed by atoms with Gasteiger partial charge >= 0.3 is 0 Å². The molecule has 3 heteroatoms. The summed E-state index contributed by atoms with van der Waals surface area (Å²) in [4.78, 5) is 13.8. The summed E-state index contributed by atoms with van der Waals surface area (Å²) in [5.41, 5.74) is 0. The van der Waals surface area contributed by atoms with Gasteiger partial charge in [-0.2, -0.15) is 0 Å². The third kappa shape index (κ3) is 2.10. The molecule has 0 bridgehead atoms. The van der Waals surface area contributed by atoms with Gasteiger partial charge in [-0.05, 0) is 49.9 Å². The first-order valence-corrected chi connectivity index (χ1v) is 6.60. The van der Waals surface area contributed by atoms with Gasteiger partial charge in [-0.15, -0.1) is 0 Å². The monoisotopic (exact) mass is 223 g/mol. The van der Waals surface area contributed by atoms with Gasteiger partial charge in [0.15, 0.2) is 0 Å². The molecule has 90 valence electrons. The molecule has 3 fully saturated rings. The molecule has 3 atom stereocenters. The number of aliphatic hydroxyl groups excluding tert-OH is 1. The zero-order valence-electron chi connectivity index (χ0n) is 9.93. The Hall–Kier alpha value is -0.570. The molecule has 0 unspecified atom stereocenters. The van der Waals surface area contributed by atoms with Crippen LogP contribution < -0.4 is 0 Å². The average Bonchev–Trinajstić information content (AvgIpc) is 3.17. The molecule has 0 heterocycles. The molecule has 3 rings (SSSR count). The van der Waals surface area contributed by atoms with E-state index in [9.17, 15) is 9.90 Å². The second-order valence-corrected chi connectivity index (χ2v) is 5.97. The van der Waals surface area contributed by atoms with Crippen LogP contribution >= 0.6 is 0 Å². The fourth-order valence-corrected chi connectivity index (χ4v) is 2.83. The maximum atomic E-state index is 12.0. The highest BCUT2D eigenvalue weighted by molar-refractivity contribution is 5.81. The number of likely N-dealkylation sites (N-methyl/N-ethyl adjacent to an activating group) is 1. The molecule has 16 heavy (non-hydrogen) atoms. The first-order valence-electron chi connectivity index (χ1n) is 6.60. The maximum Gasteiger partial charge on any atom is 0.225 e. The maximum absolute atomic E-state index is 12.0. The van der Waals surface area contributed by atoms with Crippen LogP contribution in [0.3, 0.4) is 0 Å². The number of carbonyl (C=O) groups excluding carboxylic acids is 1. The summed E-state index contributed by atoms with van der Waals surface area (Å²) in [6.07, 6.45) is 5.76. The summed E-state index contributed by atoms with van der Waals surface area (Å²) in [5.74, 6) is 2.58. The lowest BCUT2D eigenvalue weighted by atomic mass is 10.2. The topological polar surface area (TPSA) is 40.5 Å². The molecule has 0 spiro atoms. The summed E-state index contributed by atoms with van der Waals surface area (Å²) in [7, 11) is 1.84. The SMILES string of the molecule is CN(C[C@H](O)C1CC1)C(=O)[C@@H]1C[C@H]1C1CC1. The molecule has 1 amide bonds. The van der Waals surface area contributed by atoms with Crippen LogP contribution in [-0.4, -0.2) is 35.6 Å². The molecule has 3 aliphatic carbocycles. The zero-order chi connectivity index (χ0) is 11.3. The van der Waals surface area contributed by atoms with Crippen molar-refractivity contribution in [1.29, 1.82) is 0 Å².